The maximum atomic E-state index is 10.8. The van der Waals surface area contributed by atoms with Crippen molar-refractivity contribution in [2.45, 2.75) is 0 Å². The van der Waals surface area contributed by atoms with E-state index in [1.807, 2.05) is 0 Å². The van der Waals surface area contributed by atoms with Crippen LogP contribution in [0, 0.1) is 0 Å². The smallest absolute Gasteiger partial charge is 0.320 e. The molecular weight excluding hydrogens is 156 g/mol. The van der Waals surface area contributed by atoms with E-state index < -0.39 is 0 Å². The van der Waals surface area contributed by atoms with Crippen LogP contribution in [0.25, 0.3) is 0 Å². The van der Waals surface area contributed by atoms with Gasteiger partial charge in [-0.3, -0.25) is 5.32 Å². The number of nitrogen functional groups attached to an aromatic ring is 1. The summed E-state index contributed by atoms with van der Waals surface area (Å²) in [4.78, 5) is 14.7. The highest BCUT2D eigenvalue weighted by atomic mass is 16.2. The minimum Gasteiger partial charge on any atom is -0.399 e. The molecule has 0 aromatic carbocycles. The van der Waals surface area contributed by atoms with Gasteiger partial charge < -0.3 is 11.1 Å². The van der Waals surface area contributed by atoms with Gasteiger partial charge in [0.2, 0.25) is 0 Å². The Labute approximate surface area is 70.0 Å². The average Bonchev–Trinajstić information content (AvgIpc) is 2.04. The third-order valence-corrected chi connectivity index (χ3v) is 1.25. The van der Waals surface area contributed by atoms with Gasteiger partial charge in [0.25, 0.3) is 0 Å². The zero-order valence-electron chi connectivity index (χ0n) is 6.66. The Morgan fingerprint density at radius 3 is 3.00 bits per heavy atom. The van der Waals surface area contributed by atoms with Gasteiger partial charge in [0.1, 0.15) is 5.82 Å². The Morgan fingerprint density at radius 2 is 2.42 bits per heavy atom. The number of carbonyl (C=O) groups is 1. The summed E-state index contributed by atoms with van der Waals surface area (Å²) in [5.74, 6) is 0.439. The standard InChI is InChI=1S/C7H10N4O/c1-9-7(12)11-6-4-5(8)2-3-10-6/h2-4H,1H3,(H4,8,9,10,11,12). The molecule has 1 aromatic rings. The van der Waals surface area contributed by atoms with Crippen LogP contribution >= 0.6 is 0 Å². The lowest BCUT2D eigenvalue weighted by atomic mass is 10.4. The molecule has 12 heavy (non-hydrogen) atoms. The number of carbonyl (C=O) groups excluding carboxylic acids is 1. The molecule has 0 saturated carbocycles. The van der Waals surface area contributed by atoms with Crippen molar-refractivity contribution in [3.63, 3.8) is 0 Å². The largest absolute Gasteiger partial charge is 0.399 e. The monoisotopic (exact) mass is 166 g/mol. The fourth-order valence-corrected chi connectivity index (χ4v) is 0.694. The Bertz CT molecular complexity index is 286. The van der Waals surface area contributed by atoms with Crippen LogP contribution < -0.4 is 16.4 Å². The summed E-state index contributed by atoms with van der Waals surface area (Å²) in [5.41, 5.74) is 6.03. The van der Waals surface area contributed by atoms with Crippen molar-refractivity contribution in [1.82, 2.24) is 10.3 Å². The summed E-state index contributed by atoms with van der Waals surface area (Å²) < 4.78 is 0. The van der Waals surface area contributed by atoms with Gasteiger partial charge in [-0.15, -0.1) is 0 Å². The number of nitrogens with one attached hydrogen (secondary N) is 2. The molecule has 5 heteroatoms. The molecule has 0 radical (unpaired) electrons. The number of anilines is 2. The molecule has 4 N–H and O–H groups in total. The third kappa shape index (κ3) is 2.12. The number of pyridine rings is 1. The van der Waals surface area contributed by atoms with E-state index >= 15 is 0 Å². The van der Waals surface area contributed by atoms with E-state index in [-0.39, 0.29) is 6.03 Å². The molecule has 1 aromatic heterocycles. The van der Waals surface area contributed by atoms with Gasteiger partial charge in [-0.25, -0.2) is 9.78 Å². The fraction of sp³-hybridized carbons (Fsp3) is 0.143. The molecule has 0 aliphatic carbocycles. The van der Waals surface area contributed by atoms with Crippen LogP contribution in [0.4, 0.5) is 16.3 Å². The highest BCUT2D eigenvalue weighted by Gasteiger charge is 1.98. The first-order valence-electron chi connectivity index (χ1n) is 3.42. The lowest BCUT2D eigenvalue weighted by Gasteiger charge is -2.02. The summed E-state index contributed by atoms with van der Waals surface area (Å²) in [5, 5.41) is 4.89. The molecule has 5 nitrogen and oxygen atoms in total. The molecule has 0 fully saturated rings. The Balaban J connectivity index is 2.69. The summed E-state index contributed by atoms with van der Waals surface area (Å²) in [7, 11) is 1.53. The second-order valence-corrected chi connectivity index (χ2v) is 2.18. The fourth-order valence-electron chi connectivity index (χ4n) is 0.694. The van der Waals surface area contributed by atoms with Crippen LogP contribution in [0.1, 0.15) is 0 Å². The highest BCUT2D eigenvalue weighted by Crippen LogP contribution is 2.06. The number of aromatic nitrogens is 1. The first kappa shape index (κ1) is 8.32. The van der Waals surface area contributed by atoms with E-state index in [0.717, 1.165) is 0 Å². The maximum absolute atomic E-state index is 10.8. The average molecular weight is 166 g/mol. The van der Waals surface area contributed by atoms with Crippen molar-refractivity contribution >= 4 is 17.5 Å². The second kappa shape index (κ2) is 3.56. The number of amides is 2. The minimum atomic E-state index is -0.312. The molecular formula is C7H10N4O. The summed E-state index contributed by atoms with van der Waals surface area (Å²) >= 11 is 0. The lowest BCUT2D eigenvalue weighted by Crippen LogP contribution is -2.24. The van der Waals surface area contributed by atoms with Crippen molar-refractivity contribution in [2.75, 3.05) is 18.1 Å². The molecule has 64 valence electrons. The van der Waals surface area contributed by atoms with E-state index in [9.17, 15) is 4.79 Å². The molecule has 0 saturated heterocycles. The SMILES string of the molecule is CNC(=O)Nc1cc(N)ccn1. The topological polar surface area (TPSA) is 80.0 Å². The Hall–Kier alpha value is -1.78. The summed E-state index contributed by atoms with van der Waals surface area (Å²) in [6.07, 6.45) is 1.53. The normalized spacial score (nSPS) is 9.08. The van der Waals surface area contributed by atoms with Crippen molar-refractivity contribution in [1.29, 1.82) is 0 Å². The van der Waals surface area contributed by atoms with Crippen molar-refractivity contribution in [2.24, 2.45) is 0 Å². The van der Waals surface area contributed by atoms with Gasteiger partial charge in [-0.2, -0.15) is 0 Å². The van der Waals surface area contributed by atoms with Crippen molar-refractivity contribution in [3.8, 4) is 0 Å². The first-order chi connectivity index (χ1) is 5.72. The molecule has 2 amide bonds. The van der Waals surface area contributed by atoms with E-state index in [1.54, 1.807) is 12.1 Å². The van der Waals surface area contributed by atoms with Crippen LogP contribution in [0.2, 0.25) is 0 Å². The van der Waals surface area contributed by atoms with Gasteiger partial charge in [0.05, 0.1) is 0 Å². The van der Waals surface area contributed by atoms with E-state index in [4.69, 9.17) is 5.73 Å². The second-order valence-electron chi connectivity index (χ2n) is 2.18. The third-order valence-electron chi connectivity index (χ3n) is 1.25. The molecule has 1 rings (SSSR count). The highest BCUT2D eigenvalue weighted by molar-refractivity contribution is 5.88. The first-order valence-corrected chi connectivity index (χ1v) is 3.42. The number of urea groups is 1. The molecule has 0 aliphatic rings. The zero-order valence-corrected chi connectivity index (χ0v) is 6.66. The van der Waals surface area contributed by atoms with Crippen molar-refractivity contribution in [3.05, 3.63) is 18.3 Å². The van der Waals surface area contributed by atoms with E-state index in [2.05, 4.69) is 15.6 Å². The van der Waals surface area contributed by atoms with Gasteiger partial charge >= 0.3 is 6.03 Å². The molecule has 0 aliphatic heterocycles. The number of nitrogens with zero attached hydrogens (tertiary/aromatic N) is 1. The quantitative estimate of drug-likeness (QED) is 0.565. The predicted molar refractivity (Wildman–Crippen MR) is 46.7 cm³/mol. The van der Waals surface area contributed by atoms with Gasteiger partial charge in [-0.05, 0) is 6.07 Å². The van der Waals surface area contributed by atoms with E-state index in [1.165, 1.54) is 13.2 Å². The number of hydrogen-bond donors (Lipinski definition) is 3. The van der Waals surface area contributed by atoms with Crippen LogP contribution in [0.15, 0.2) is 18.3 Å². The predicted octanol–water partition coefficient (Wildman–Crippen LogP) is 0.415. The van der Waals surface area contributed by atoms with E-state index in [0.29, 0.717) is 11.5 Å². The minimum absolute atomic E-state index is 0.312. The van der Waals surface area contributed by atoms with Crippen LogP contribution in [-0.4, -0.2) is 18.1 Å². The molecule has 1 heterocycles. The number of rotatable bonds is 1. The van der Waals surface area contributed by atoms with Crippen LogP contribution in [0.5, 0.6) is 0 Å². The van der Waals surface area contributed by atoms with Gasteiger partial charge in [0, 0.05) is 25.0 Å². The Kier molecular flexibility index (Phi) is 2.47. The maximum Gasteiger partial charge on any atom is 0.320 e. The Morgan fingerprint density at radius 1 is 1.67 bits per heavy atom. The van der Waals surface area contributed by atoms with Crippen molar-refractivity contribution < 1.29 is 4.79 Å². The molecule has 0 unspecified atom stereocenters. The van der Waals surface area contributed by atoms with Crippen LogP contribution in [-0.2, 0) is 0 Å². The molecule has 0 atom stereocenters. The van der Waals surface area contributed by atoms with Gasteiger partial charge in [0.15, 0.2) is 0 Å². The number of nitrogens with two attached hydrogens (primary N) is 1. The number of hydrogen-bond acceptors (Lipinski definition) is 3. The van der Waals surface area contributed by atoms with Crippen LogP contribution in [0.3, 0.4) is 0 Å². The zero-order chi connectivity index (χ0) is 8.97. The lowest BCUT2D eigenvalue weighted by molar-refractivity contribution is 0.254. The molecule has 0 spiro atoms. The summed E-state index contributed by atoms with van der Waals surface area (Å²) in [6.45, 7) is 0. The molecule has 0 bridgehead atoms. The summed E-state index contributed by atoms with van der Waals surface area (Å²) in [6, 6.07) is 2.91. The van der Waals surface area contributed by atoms with Gasteiger partial charge in [-0.1, -0.05) is 0 Å².